The van der Waals surface area contributed by atoms with Crippen LogP contribution in [0.3, 0.4) is 0 Å². The van der Waals surface area contributed by atoms with Gasteiger partial charge in [0.25, 0.3) is 0 Å². The summed E-state index contributed by atoms with van der Waals surface area (Å²) < 4.78 is 11.0. The summed E-state index contributed by atoms with van der Waals surface area (Å²) in [4.78, 5) is 0. The van der Waals surface area contributed by atoms with Gasteiger partial charge in [0, 0.05) is 6.54 Å². The van der Waals surface area contributed by atoms with Gasteiger partial charge in [0.2, 0.25) is 0 Å². The zero-order valence-corrected chi connectivity index (χ0v) is 10.5. The maximum Gasteiger partial charge on any atom is 0.180 e. The molecule has 1 atom stereocenters. The summed E-state index contributed by atoms with van der Waals surface area (Å²) in [5.41, 5.74) is 7.08. The molecule has 0 spiro atoms. The van der Waals surface area contributed by atoms with E-state index >= 15 is 0 Å². The fourth-order valence-corrected chi connectivity index (χ4v) is 2.38. The van der Waals surface area contributed by atoms with Gasteiger partial charge in [0.15, 0.2) is 11.5 Å². The van der Waals surface area contributed by atoms with Crippen LogP contribution in [-0.2, 0) is 6.42 Å². The van der Waals surface area contributed by atoms with E-state index in [-0.39, 0.29) is 6.54 Å². The highest BCUT2D eigenvalue weighted by atomic mass is 35.5. The highest BCUT2D eigenvalue weighted by molar-refractivity contribution is 6.33. The summed E-state index contributed by atoms with van der Waals surface area (Å²) in [6.45, 7) is 3.12. The molecule has 17 heavy (non-hydrogen) atoms. The zero-order valence-electron chi connectivity index (χ0n) is 9.70. The van der Waals surface area contributed by atoms with E-state index in [1.165, 1.54) is 0 Å². The molecule has 94 valence electrons. The van der Waals surface area contributed by atoms with E-state index in [2.05, 4.69) is 0 Å². The summed E-state index contributed by atoms with van der Waals surface area (Å²) in [7, 11) is 0. The van der Waals surface area contributed by atoms with Gasteiger partial charge in [-0.05, 0) is 23.6 Å². The molecule has 5 heteroatoms. The Morgan fingerprint density at radius 3 is 2.82 bits per heavy atom. The second-order valence-corrected chi connectivity index (χ2v) is 4.27. The van der Waals surface area contributed by atoms with Crippen molar-refractivity contribution >= 4 is 11.6 Å². The second-order valence-electron chi connectivity index (χ2n) is 3.89. The number of aliphatic hydroxyl groups excluding tert-OH is 1. The molecule has 1 aromatic rings. The van der Waals surface area contributed by atoms with Gasteiger partial charge in [0.1, 0.15) is 13.2 Å². The summed E-state index contributed by atoms with van der Waals surface area (Å²) in [5, 5.41) is 10.4. The van der Waals surface area contributed by atoms with E-state index in [9.17, 15) is 5.11 Å². The van der Waals surface area contributed by atoms with Gasteiger partial charge < -0.3 is 20.3 Å². The molecular formula is C12H16ClNO3. The Bertz CT molecular complexity index is 423. The van der Waals surface area contributed by atoms with Crippen LogP contribution in [0.15, 0.2) is 6.07 Å². The molecule has 0 saturated heterocycles. The molecule has 1 aliphatic heterocycles. The van der Waals surface area contributed by atoms with Crippen molar-refractivity contribution < 1.29 is 14.6 Å². The third-order valence-electron chi connectivity index (χ3n) is 2.85. The third kappa shape index (κ3) is 2.20. The number of fused-ring (bicyclic) bond motifs is 1. The molecule has 1 heterocycles. The number of hydrogen-bond donors (Lipinski definition) is 2. The first-order valence-corrected chi connectivity index (χ1v) is 6.05. The summed E-state index contributed by atoms with van der Waals surface area (Å²) in [6.07, 6.45) is -0.0136. The quantitative estimate of drug-likeness (QED) is 0.865. The molecule has 0 radical (unpaired) electrons. The number of ether oxygens (including phenoxy) is 2. The molecule has 0 saturated carbocycles. The Balaban J connectivity index is 2.55. The number of benzene rings is 1. The summed E-state index contributed by atoms with van der Waals surface area (Å²) >= 11 is 6.28. The number of aliphatic hydroxyl groups is 1. The highest BCUT2D eigenvalue weighted by Gasteiger charge is 2.23. The Morgan fingerprint density at radius 1 is 1.47 bits per heavy atom. The first-order chi connectivity index (χ1) is 8.19. The number of nitrogens with two attached hydrogens (primary N) is 1. The van der Waals surface area contributed by atoms with Crippen molar-refractivity contribution in [1.29, 1.82) is 0 Å². The summed E-state index contributed by atoms with van der Waals surface area (Å²) in [5.74, 6) is 1.16. The van der Waals surface area contributed by atoms with Gasteiger partial charge in [-0.2, -0.15) is 0 Å². The van der Waals surface area contributed by atoms with E-state index in [4.69, 9.17) is 26.8 Å². The Kier molecular flexibility index (Phi) is 3.76. The minimum atomic E-state index is -0.724. The van der Waals surface area contributed by atoms with Crippen LogP contribution in [0, 0.1) is 0 Å². The van der Waals surface area contributed by atoms with Crippen LogP contribution >= 0.6 is 11.6 Å². The van der Waals surface area contributed by atoms with Crippen molar-refractivity contribution in [3.05, 3.63) is 22.2 Å². The predicted molar refractivity (Wildman–Crippen MR) is 65.8 cm³/mol. The zero-order chi connectivity index (χ0) is 12.4. The van der Waals surface area contributed by atoms with Gasteiger partial charge in [-0.3, -0.25) is 0 Å². The van der Waals surface area contributed by atoms with E-state index in [0.717, 1.165) is 11.1 Å². The molecule has 1 aromatic carbocycles. The SMILES string of the molecule is CCc1c(C(O)CN)cc2c(c1Cl)OCCO2. The number of halogens is 1. The number of hydrogen-bond acceptors (Lipinski definition) is 4. The highest BCUT2D eigenvalue weighted by Crippen LogP contribution is 2.43. The minimum Gasteiger partial charge on any atom is -0.486 e. The van der Waals surface area contributed by atoms with Crippen LogP contribution in [0.5, 0.6) is 11.5 Å². The molecule has 2 rings (SSSR count). The molecule has 4 nitrogen and oxygen atoms in total. The average Bonchev–Trinajstić information content (AvgIpc) is 2.37. The van der Waals surface area contributed by atoms with E-state index in [1.807, 2.05) is 6.92 Å². The lowest BCUT2D eigenvalue weighted by molar-refractivity contribution is 0.166. The maximum atomic E-state index is 9.89. The van der Waals surface area contributed by atoms with Gasteiger partial charge in [-0.15, -0.1) is 0 Å². The molecule has 1 unspecified atom stereocenters. The topological polar surface area (TPSA) is 64.7 Å². The molecule has 1 aliphatic rings. The van der Waals surface area contributed by atoms with Gasteiger partial charge in [-0.1, -0.05) is 18.5 Å². The lowest BCUT2D eigenvalue weighted by Crippen LogP contribution is -2.19. The summed E-state index contributed by atoms with van der Waals surface area (Å²) in [6, 6.07) is 1.77. The van der Waals surface area contributed by atoms with Crippen LogP contribution in [-0.4, -0.2) is 24.9 Å². The smallest absolute Gasteiger partial charge is 0.180 e. The Hall–Kier alpha value is -0.970. The lowest BCUT2D eigenvalue weighted by Gasteiger charge is -2.24. The second kappa shape index (κ2) is 5.12. The Morgan fingerprint density at radius 2 is 2.18 bits per heavy atom. The third-order valence-corrected chi connectivity index (χ3v) is 3.25. The first-order valence-electron chi connectivity index (χ1n) is 5.68. The molecule has 0 amide bonds. The van der Waals surface area contributed by atoms with Crippen LogP contribution in [0.1, 0.15) is 24.2 Å². The molecule has 3 N–H and O–H groups in total. The molecular weight excluding hydrogens is 242 g/mol. The van der Waals surface area contributed by atoms with Crippen molar-refractivity contribution in [2.24, 2.45) is 5.73 Å². The van der Waals surface area contributed by atoms with Crippen molar-refractivity contribution in [2.75, 3.05) is 19.8 Å². The number of rotatable bonds is 3. The van der Waals surface area contributed by atoms with Crippen molar-refractivity contribution in [3.8, 4) is 11.5 Å². The fourth-order valence-electron chi connectivity index (χ4n) is 1.99. The molecule has 0 aliphatic carbocycles. The van der Waals surface area contributed by atoms with E-state index in [1.54, 1.807) is 6.07 Å². The van der Waals surface area contributed by atoms with E-state index < -0.39 is 6.10 Å². The van der Waals surface area contributed by atoms with Gasteiger partial charge >= 0.3 is 0 Å². The van der Waals surface area contributed by atoms with Crippen molar-refractivity contribution in [3.63, 3.8) is 0 Å². The van der Waals surface area contributed by atoms with E-state index in [0.29, 0.717) is 36.2 Å². The van der Waals surface area contributed by atoms with Gasteiger partial charge in [0.05, 0.1) is 11.1 Å². The minimum absolute atomic E-state index is 0.156. The van der Waals surface area contributed by atoms with Crippen LogP contribution < -0.4 is 15.2 Å². The molecule has 0 bridgehead atoms. The Labute approximate surface area is 105 Å². The standard InChI is InChI=1S/C12H16ClNO3/c1-2-7-8(9(15)6-14)5-10-12(11(7)13)17-4-3-16-10/h5,9,15H,2-4,6,14H2,1H3. The maximum absolute atomic E-state index is 9.89. The van der Waals surface area contributed by atoms with Crippen molar-refractivity contribution in [2.45, 2.75) is 19.4 Å². The normalized spacial score (nSPS) is 15.8. The van der Waals surface area contributed by atoms with Gasteiger partial charge in [-0.25, -0.2) is 0 Å². The lowest BCUT2D eigenvalue weighted by atomic mass is 9.99. The van der Waals surface area contributed by atoms with Crippen LogP contribution in [0.4, 0.5) is 0 Å². The first kappa shape index (κ1) is 12.5. The molecule has 0 aromatic heterocycles. The fraction of sp³-hybridized carbons (Fsp3) is 0.500. The largest absolute Gasteiger partial charge is 0.486 e. The van der Waals surface area contributed by atoms with Crippen LogP contribution in [0.2, 0.25) is 5.02 Å². The van der Waals surface area contributed by atoms with Crippen LogP contribution in [0.25, 0.3) is 0 Å². The molecule has 0 fully saturated rings. The average molecular weight is 258 g/mol. The van der Waals surface area contributed by atoms with Crippen molar-refractivity contribution in [1.82, 2.24) is 0 Å². The predicted octanol–water partition coefficient (Wildman–Crippen LogP) is 1.67. The monoisotopic (exact) mass is 257 g/mol.